The summed E-state index contributed by atoms with van der Waals surface area (Å²) in [5, 5.41) is 0. The second-order valence-corrected chi connectivity index (χ2v) is 9.33. The van der Waals surface area contributed by atoms with E-state index >= 15 is 0 Å². The Morgan fingerprint density at radius 2 is 1.81 bits per heavy atom. The van der Waals surface area contributed by atoms with E-state index in [9.17, 15) is 0 Å². The van der Waals surface area contributed by atoms with E-state index in [0.717, 1.165) is 12.3 Å². The number of para-hydroxylation sites is 1. The first-order chi connectivity index (χ1) is 12.1. The molecule has 5 rings (SSSR count). The molecule has 0 radical (unpaired) electrons. The van der Waals surface area contributed by atoms with Crippen molar-refractivity contribution in [1.82, 2.24) is 14.0 Å². The van der Waals surface area contributed by atoms with Gasteiger partial charge in [0.1, 0.15) is 0 Å². The molecule has 0 fully saturated rings. The molecule has 1 aromatic carbocycles. The van der Waals surface area contributed by atoms with Crippen LogP contribution in [-0.2, 0) is 24.5 Å². The van der Waals surface area contributed by atoms with Crippen LogP contribution in [0.5, 0.6) is 0 Å². The molecule has 3 aromatic rings. The lowest BCUT2D eigenvalue weighted by molar-refractivity contribution is 0.0651. The maximum absolute atomic E-state index is 4.60. The highest BCUT2D eigenvalue weighted by Crippen LogP contribution is 2.65. The smallest absolute Gasteiger partial charge is 0.214 e. The fourth-order valence-electron chi connectivity index (χ4n) is 5.67. The van der Waals surface area contributed by atoms with E-state index in [1.54, 1.807) is 0 Å². The van der Waals surface area contributed by atoms with Gasteiger partial charge in [0.15, 0.2) is 0 Å². The van der Waals surface area contributed by atoms with Crippen molar-refractivity contribution >= 4 is 11.5 Å². The highest BCUT2D eigenvalue weighted by molar-refractivity contribution is 5.71. The largest absolute Gasteiger partial charge is 0.354 e. The third-order valence-electron chi connectivity index (χ3n) is 8.11. The Hall–Kier alpha value is -2.23. The second kappa shape index (κ2) is 4.36. The number of hydrogen-bond donors (Lipinski definition) is 0. The Labute approximate surface area is 155 Å². The summed E-state index contributed by atoms with van der Waals surface area (Å²) in [6.07, 6.45) is 4.04. The lowest BCUT2D eigenvalue weighted by atomic mass is 9.52. The molecule has 1 atom stereocenters. The zero-order valence-corrected chi connectivity index (χ0v) is 16.9. The molecule has 2 aliphatic rings. The van der Waals surface area contributed by atoms with Crippen LogP contribution in [0.4, 0.5) is 5.69 Å². The summed E-state index contributed by atoms with van der Waals surface area (Å²) in [4.78, 5) is 7.26. The van der Waals surface area contributed by atoms with Crippen molar-refractivity contribution in [1.29, 1.82) is 0 Å². The SMILES string of the molecule is Cc1cccc2c1N1Cc3c(n4ccnc4n3C)C1(C)C(C)(C)C2(C)C. The molecule has 26 heavy (non-hydrogen) atoms. The Balaban J connectivity index is 1.93. The number of hydrogen-bond acceptors (Lipinski definition) is 2. The number of rotatable bonds is 0. The van der Waals surface area contributed by atoms with Gasteiger partial charge in [0.25, 0.3) is 0 Å². The number of nitrogens with zero attached hydrogens (tertiary/aromatic N) is 4. The third kappa shape index (κ3) is 1.40. The first kappa shape index (κ1) is 16.0. The molecule has 136 valence electrons. The van der Waals surface area contributed by atoms with Crippen LogP contribution in [0.25, 0.3) is 5.78 Å². The van der Waals surface area contributed by atoms with E-state index < -0.39 is 0 Å². The molecule has 0 N–H and O–H groups in total. The maximum Gasteiger partial charge on any atom is 0.214 e. The monoisotopic (exact) mass is 348 g/mol. The maximum atomic E-state index is 4.60. The molecular formula is C22H28N4. The van der Waals surface area contributed by atoms with E-state index in [2.05, 4.69) is 91.8 Å². The van der Waals surface area contributed by atoms with Gasteiger partial charge in [0, 0.05) is 30.5 Å². The highest BCUT2D eigenvalue weighted by Gasteiger charge is 2.63. The van der Waals surface area contributed by atoms with Gasteiger partial charge in [-0.05, 0) is 30.4 Å². The molecular weight excluding hydrogens is 320 g/mol. The van der Waals surface area contributed by atoms with Crippen LogP contribution in [0.2, 0.25) is 0 Å². The molecule has 0 saturated heterocycles. The quantitative estimate of drug-likeness (QED) is 0.596. The minimum absolute atomic E-state index is 0.0323. The van der Waals surface area contributed by atoms with E-state index in [4.69, 9.17) is 0 Å². The minimum Gasteiger partial charge on any atom is -0.354 e. The van der Waals surface area contributed by atoms with E-state index in [0.29, 0.717) is 0 Å². The molecule has 0 bridgehead atoms. The fourth-order valence-corrected chi connectivity index (χ4v) is 5.67. The van der Waals surface area contributed by atoms with Gasteiger partial charge in [-0.1, -0.05) is 45.9 Å². The standard InChI is InChI=1S/C22H28N4/c1-14-9-8-10-15-17(14)26-13-16-18(25-12-11-23-19(25)24(16)7)22(26,6)21(4,5)20(15,2)3/h8-12H,13H2,1-7H3. The molecule has 0 amide bonds. The van der Waals surface area contributed by atoms with Crippen molar-refractivity contribution in [3.8, 4) is 0 Å². The fraction of sp³-hybridized carbons (Fsp3) is 0.500. The van der Waals surface area contributed by atoms with E-state index in [1.165, 1.54) is 28.2 Å². The van der Waals surface area contributed by atoms with Crippen molar-refractivity contribution in [2.24, 2.45) is 12.5 Å². The summed E-state index contributed by atoms with van der Waals surface area (Å²) in [6, 6.07) is 6.80. The zero-order valence-electron chi connectivity index (χ0n) is 16.9. The summed E-state index contributed by atoms with van der Waals surface area (Å²) >= 11 is 0. The van der Waals surface area contributed by atoms with Gasteiger partial charge in [-0.25, -0.2) is 4.98 Å². The number of imidazole rings is 2. The molecule has 2 aromatic heterocycles. The molecule has 4 heterocycles. The van der Waals surface area contributed by atoms with Gasteiger partial charge in [0.05, 0.1) is 23.5 Å². The van der Waals surface area contributed by atoms with Gasteiger partial charge in [-0.15, -0.1) is 0 Å². The number of anilines is 1. The molecule has 0 aliphatic carbocycles. The normalized spacial score (nSPS) is 25.3. The molecule has 4 nitrogen and oxygen atoms in total. The van der Waals surface area contributed by atoms with Gasteiger partial charge in [-0.3, -0.25) is 4.40 Å². The van der Waals surface area contributed by atoms with Crippen LogP contribution >= 0.6 is 0 Å². The molecule has 0 spiro atoms. The summed E-state index contributed by atoms with van der Waals surface area (Å²) < 4.78 is 4.59. The van der Waals surface area contributed by atoms with E-state index in [-0.39, 0.29) is 16.4 Å². The predicted molar refractivity (Wildman–Crippen MR) is 106 cm³/mol. The predicted octanol–water partition coefficient (Wildman–Crippen LogP) is 4.53. The zero-order chi connectivity index (χ0) is 18.6. The van der Waals surface area contributed by atoms with Crippen LogP contribution in [0.15, 0.2) is 30.6 Å². The van der Waals surface area contributed by atoms with Gasteiger partial charge in [0.2, 0.25) is 5.78 Å². The summed E-state index contributed by atoms with van der Waals surface area (Å²) in [6.45, 7) is 15.3. The molecule has 2 aliphatic heterocycles. The van der Waals surface area contributed by atoms with Crippen LogP contribution in [-0.4, -0.2) is 14.0 Å². The number of fused-ring (bicyclic) bond motifs is 7. The third-order valence-corrected chi connectivity index (χ3v) is 8.11. The summed E-state index contributed by atoms with van der Waals surface area (Å²) in [7, 11) is 2.15. The Morgan fingerprint density at radius 1 is 1.08 bits per heavy atom. The lowest BCUT2D eigenvalue weighted by Gasteiger charge is -2.61. The van der Waals surface area contributed by atoms with Crippen LogP contribution in [0.3, 0.4) is 0 Å². The van der Waals surface area contributed by atoms with Crippen molar-refractivity contribution in [2.45, 2.75) is 59.0 Å². The Bertz CT molecular complexity index is 1070. The lowest BCUT2D eigenvalue weighted by Crippen LogP contribution is -2.62. The second-order valence-electron chi connectivity index (χ2n) is 9.33. The first-order valence-electron chi connectivity index (χ1n) is 9.53. The Morgan fingerprint density at radius 3 is 2.54 bits per heavy atom. The summed E-state index contributed by atoms with van der Waals surface area (Å²) in [5.41, 5.74) is 7.01. The number of aryl methyl sites for hydroxylation is 2. The van der Waals surface area contributed by atoms with Crippen molar-refractivity contribution < 1.29 is 0 Å². The van der Waals surface area contributed by atoms with Gasteiger partial charge in [-0.2, -0.15) is 0 Å². The van der Waals surface area contributed by atoms with Crippen molar-refractivity contribution in [2.75, 3.05) is 4.90 Å². The van der Waals surface area contributed by atoms with Gasteiger partial charge >= 0.3 is 0 Å². The van der Waals surface area contributed by atoms with E-state index in [1.807, 2.05) is 6.20 Å². The van der Waals surface area contributed by atoms with Crippen LogP contribution in [0, 0.1) is 12.3 Å². The van der Waals surface area contributed by atoms with Crippen LogP contribution < -0.4 is 4.90 Å². The van der Waals surface area contributed by atoms with Crippen molar-refractivity contribution in [3.63, 3.8) is 0 Å². The van der Waals surface area contributed by atoms with Crippen molar-refractivity contribution in [3.05, 3.63) is 53.1 Å². The number of benzene rings is 1. The Kier molecular flexibility index (Phi) is 2.68. The highest BCUT2D eigenvalue weighted by atomic mass is 15.3. The van der Waals surface area contributed by atoms with Gasteiger partial charge < -0.3 is 9.47 Å². The molecule has 0 saturated carbocycles. The summed E-state index contributed by atoms with van der Waals surface area (Å²) in [5.74, 6) is 1.04. The van der Waals surface area contributed by atoms with Crippen LogP contribution in [0.1, 0.15) is 57.1 Å². The first-order valence-corrected chi connectivity index (χ1v) is 9.53. The average Bonchev–Trinajstić information content (AvgIpc) is 3.21. The molecule has 4 heteroatoms. The topological polar surface area (TPSA) is 25.5 Å². The average molecular weight is 348 g/mol. The number of aromatic nitrogens is 3. The minimum atomic E-state index is -0.106. The molecule has 1 unspecified atom stereocenters.